The predicted octanol–water partition coefficient (Wildman–Crippen LogP) is 4.20. The third kappa shape index (κ3) is 4.74. The highest BCUT2D eigenvalue weighted by molar-refractivity contribution is 7.16. The maximum atomic E-state index is 13.6. The highest BCUT2D eigenvalue weighted by Crippen LogP contribution is 2.19. The fraction of sp³-hybridized carbons (Fsp3) is 0.150. The summed E-state index contributed by atoms with van der Waals surface area (Å²) in [6, 6.07) is 11.3. The summed E-state index contributed by atoms with van der Waals surface area (Å²) in [5, 5.41) is 0.515. The van der Waals surface area contributed by atoms with Crippen molar-refractivity contribution in [2.24, 2.45) is 4.99 Å². The number of aromatic nitrogens is 1. The summed E-state index contributed by atoms with van der Waals surface area (Å²) < 4.78 is 20.7. The first-order valence-electron chi connectivity index (χ1n) is 8.43. The van der Waals surface area contributed by atoms with Crippen molar-refractivity contribution in [3.05, 3.63) is 69.7 Å². The van der Waals surface area contributed by atoms with Gasteiger partial charge in [0.15, 0.2) is 4.80 Å². The molecular weight excluding hydrogens is 403 g/mol. The standard InChI is InChI=1S/C20H16ClFN2O3S/c1-2-27-19(26)12-24-16-9-8-14(22)11-17(16)28-20(24)23-18(25)10-7-13-5-3-4-6-15(13)21/h3-11H,2,12H2,1H3. The molecule has 0 N–H and O–H groups in total. The summed E-state index contributed by atoms with van der Waals surface area (Å²) in [4.78, 5) is 28.6. The van der Waals surface area contributed by atoms with Crippen LogP contribution in [-0.4, -0.2) is 23.1 Å². The van der Waals surface area contributed by atoms with E-state index in [9.17, 15) is 14.0 Å². The van der Waals surface area contributed by atoms with Gasteiger partial charge >= 0.3 is 5.97 Å². The van der Waals surface area contributed by atoms with Crippen molar-refractivity contribution in [1.29, 1.82) is 0 Å². The lowest BCUT2D eigenvalue weighted by molar-refractivity contribution is -0.143. The number of esters is 1. The van der Waals surface area contributed by atoms with Crippen LogP contribution in [0.4, 0.5) is 4.39 Å². The van der Waals surface area contributed by atoms with Crippen LogP contribution >= 0.6 is 22.9 Å². The van der Waals surface area contributed by atoms with E-state index in [-0.39, 0.29) is 18.0 Å². The van der Waals surface area contributed by atoms with Crippen LogP contribution in [0.1, 0.15) is 12.5 Å². The molecule has 3 aromatic rings. The molecule has 1 aromatic heterocycles. The quantitative estimate of drug-likeness (QED) is 0.461. The Labute approximate surface area is 169 Å². The molecule has 144 valence electrons. The van der Waals surface area contributed by atoms with Gasteiger partial charge in [0.25, 0.3) is 5.91 Å². The Morgan fingerprint density at radius 1 is 1.29 bits per heavy atom. The Kier molecular flexibility index (Phi) is 6.38. The van der Waals surface area contributed by atoms with Gasteiger partial charge in [-0.15, -0.1) is 0 Å². The Hall–Kier alpha value is -2.77. The first-order chi connectivity index (χ1) is 13.5. The van der Waals surface area contributed by atoms with Crippen molar-refractivity contribution in [2.45, 2.75) is 13.5 Å². The van der Waals surface area contributed by atoms with Crippen LogP contribution < -0.4 is 4.80 Å². The minimum atomic E-state index is -0.524. The number of rotatable bonds is 5. The molecule has 0 aliphatic rings. The molecule has 0 atom stereocenters. The molecule has 1 heterocycles. The third-order valence-electron chi connectivity index (χ3n) is 3.75. The van der Waals surface area contributed by atoms with Gasteiger partial charge in [0.05, 0.1) is 16.8 Å². The summed E-state index contributed by atoms with van der Waals surface area (Å²) in [5.41, 5.74) is 1.28. The molecule has 1 amide bonds. The molecule has 28 heavy (non-hydrogen) atoms. The second kappa shape index (κ2) is 8.95. The zero-order valence-electron chi connectivity index (χ0n) is 14.9. The highest BCUT2D eigenvalue weighted by Gasteiger charge is 2.12. The van der Waals surface area contributed by atoms with E-state index >= 15 is 0 Å². The molecule has 0 aliphatic heterocycles. The minimum Gasteiger partial charge on any atom is -0.465 e. The molecular formula is C20H16ClFN2O3S. The van der Waals surface area contributed by atoms with E-state index in [4.69, 9.17) is 16.3 Å². The predicted molar refractivity (Wildman–Crippen MR) is 107 cm³/mol. The largest absolute Gasteiger partial charge is 0.465 e. The molecule has 0 spiro atoms. The van der Waals surface area contributed by atoms with E-state index < -0.39 is 17.7 Å². The van der Waals surface area contributed by atoms with Gasteiger partial charge in [-0.2, -0.15) is 4.99 Å². The molecule has 0 saturated carbocycles. The number of hydrogen-bond donors (Lipinski definition) is 0. The van der Waals surface area contributed by atoms with E-state index in [1.807, 2.05) is 0 Å². The number of carbonyl (C=O) groups excluding carboxylic acids is 2. The Morgan fingerprint density at radius 3 is 2.82 bits per heavy atom. The zero-order chi connectivity index (χ0) is 20.1. The molecule has 8 heteroatoms. The van der Waals surface area contributed by atoms with Crippen LogP contribution in [0.5, 0.6) is 0 Å². The number of fused-ring (bicyclic) bond motifs is 1. The van der Waals surface area contributed by atoms with Gasteiger partial charge in [0.2, 0.25) is 0 Å². The lowest BCUT2D eigenvalue weighted by atomic mass is 10.2. The molecule has 0 radical (unpaired) electrons. The smallest absolute Gasteiger partial charge is 0.326 e. The molecule has 0 saturated heterocycles. The fourth-order valence-corrected chi connectivity index (χ4v) is 3.78. The van der Waals surface area contributed by atoms with Crippen molar-refractivity contribution in [2.75, 3.05) is 6.61 Å². The monoisotopic (exact) mass is 418 g/mol. The van der Waals surface area contributed by atoms with Crippen molar-refractivity contribution >= 4 is 51.1 Å². The van der Waals surface area contributed by atoms with E-state index in [2.05, 4.69) is 4.99 Å². The Morgan fingerprint density at radius 2 is 2.07 bits per heavy atom. The van der Waals surface area contributed by atoms with Crippen molar-refractivity contribution in [3.63, 3.8) is 0 Å². The maximum Gasteiger partial charge on any atom is 0.326 e. The molecule has 5 nitrogen and oxygen atoms in total. The van der Waals surface area contributed by atoms with Crippen LogP contribution in [0.25, 0.3) is 16.3 Å². The molecule has 2 aromatic carbocycles. The number of ether oxygens (including phenoxy) is 1. The average molecular weight is 419 g/mol. The lowest BCUT2D eigenvalue weighted by Crippen LogP contribution is -2.22. The van der Waals surface area contributed by atoms with E-state index in [0.29, 0.717) is 20.8 Å². The number of amides is 1. The number of thiazole rings is 1. The zero-order valence-corrected chi connectivity index (χ0v) is 16.5. The van der Waals surface area contributed by atoms with Crippen LogP contribution in [-0.2, 0) is 20.9 Å². The van der Waals surface area contributed by atoms with Gasteiger partial charge in [-0.05, 0) is 42.8 Å². The van der Waals surface area contributed by atoms with Gasteiger partial charge in [-0.25, -0.2) is 4.39 Å². The molecule has 0 bridgehead atoms. The molecule has 0 aliphatic carbocycles. The number of hydrogen-bond acceptors (Lipinski definition) is 4. The minimum absolute atomic E-state index is 0.125. The SMILES string of the molecule is CCOC(=O)Cn1c(=NC(=O)C=Cc2ccccc2Cl)sc2cc(F)ccc21. The molecule has 3 rings (SSSR count). The van der Waals surface area contributed by atoms with Crippen LogP contribution in [0.15, 0.2) is 53.5 Å². The van der Waals surface area contributed by atoms with E-state index in [0.717, 1.165) is 11.3 Å². The van der Waals surface area contributed by atoms with Crippen LogP contribution in [0.2, 0.25) is 5.02 Å². The summed E-state index contributed by atoms with van der Waals surface area (Å²) in [7, 11) is 0. The van der Waals surface area contributed by atoms with Crippen molar-refractivity contribution in [3.8, 4) is 0 Å². The Balaban J connectivity index is 1.99. The third-order valence-corrected chi connectivity index (χ3v) is 5.14. The highest BCUT2D eigenvalue weighted by atomic mass is 35.5. The first-order valence-corrected chi connectivity index (χ1v) is 9.63. The number of carbonyl (C=O) groups is 2. The van der Waals surface area contributed by atoms with E-state index in [1.54, 1.807) is 47.9 Å². The topological polar surface area (TPSA) is 60.7 Å². The molecule has 0 fully saturated rings. The fourth-order valence-electron chi connectivity index (χ4n) is 2.52. The average Bonchev–Trinajstić information content (AvgIpc) is 2.97. The van der Waals surface area contributed by atoms with Crippen LogP contribution in [0.3, 0.4) is 0 Å². The summed E-state index contributed by atoms with van der Waals surface area (Å²) in [6.07, 6.45) is 2.86. The van der Waals surface area contributed by atoms with E-state index in [1.165, 1.54) is 18.2 Å². The Bertz CT molecular complexity index is 1130. The second-order valence-corrected chi connectivity index (χ2v) is 7.11. The maximum absolute atomic E-state index is 13.6. The van der Waals surface area contributed by atoms with Gasteiger partial charge in [0, 0.05) is 11.1 Å². The van der Waals surface area contributed by atoms with Gasteiger partial charge in [0.1, 0.15) is 12.4 Å². The number of nitrogens with zero attached hydrogens (tertiary/aromatic N) is 2. The van der Waals surface area contributed by atoms with Gasteiger partial charge in [-0.3, -0.25) is 9.59 Å². The first kappa shape index (κ1) is 20.0. The lowest BCUT2D eigenvalue weighted by Gasteiger charge is -2.04. The second-order valence-electron chi connectivity index (χ2n) is 5.69. The summed E-state index contributed by atoms with van der Waals surface area (Å²) in [5.74, 6) is -1.40. The van der Waals surface area contributed by atoms with Crippen LogP contribution in [0, 0.1) is 5.82 Å². The van der Waals surface area contributed by atoms with Gasteiger partial charge < -0.3 is 9.30 Å². The summed E-state index contributed by atoms with van der Waals surface area (Å²) >= 11 is 7.19. The van der Waals surface area contributed by atoms with Crippen molar-refractivity contribution in [1.82, 2.24) is 4.57 Å². The number of benzene rings is 2. The number of halogens is 2. The van der Waals surface area contributed by atoms with Crippen molar-refractivity contribution < 1.29 is 18.7 Å². The molecule has 0 unspecified atom stereocenters. The summed E-state index contributed by atoms with van der Waals surface area (Å²) in [6.45, 7) is 1.82. The van der Waals surface area contributed by atoms with Gasteiger partial charge in [-0.1, -0.05) is 41.1 Å². The normalized spacial score (nSPS) is 12.0.